The van der Waals surface area contributed by atoms with E-state index in [1.165, 1.54) is 23.4 Å². The Morgan fingerprint density at radius 2 is 1.67 bits per heavy atom. The molecule has 2 rings (SSSR count). The summed E-state index contributed by atoms with van der Waals surface area (Å²) in [5, 5.41) is 3.02. The number of rotatable bonds is 2. The number of piperazine rings is 1. The molecule has 6 nitrogen and oxygen atoms in total. The van der Waals surface area contributed by atoms with Crippen LogP contribution in [0.15, 0.2) is 0 Å². The van der Waals surface area contributed by atoms with E-state index in [2.05, 4.69) is 5.32 Å². The molecule has 0 aromatic carbocycles. The van der Waals surface area contributed by atoms with Crippen LogP contribution in [0.1, 0.15) is 25.7 Å². The van der Waals surface area contributed by atoms with E-state index in [0.717, 1.165) is 12.8 Å². The van der Waals surface area contributed by atoms with Crippen molar-refractivity contribution >= 4 is 16.1 Å². The number of sulfonamides is 1. The summed E-state index contributed by atoms with van der Waals surface area (Å²) in [6.45, 7) is 1.76. The number of nitrogens with one attached hydrogen (secondary N) is 1. The first kappa shape index (κ1) is 13.6. The van der Waals surface area contributed by atoms with Gasteiger partial charge in [-0.05, 0) is 12.8 Å². The van der Waals surface area contributed by atoms with Crippen molar-refractivity contribution in [1.82, 2.24) is 14.5 Å². The molecule has 7 heteroatoms. The van der Waals surface area contributed by atoms with Gasteiger partial charge in [0, 0.05) is 32.2 Å². The van der Waals surface area contributed by atoms with Gasteiger partial charge in [0.15, 0.2) is 0 Å². The quantitative estimate of drug-likeness (QED) is 0.783. The van der Waals surface area contributed by atoms with Crippen LogP contribution in [0, 0.1) is 0 Å². The molecule has 0 radical (unpaired) electrons. The Labute approximate surface area is 108 Å². The second kappa shape index (κ2) is 5.44. The van der Waals surface area contributed by atoms with Crippen LogP contribution < -0.4 is 5.32 Å². The third-order valence-electron chi connectivity index (χ3n) is 3.68. The summed E-state index contributed by atoms with van der Waals surface area (Å²) in [7, 11) is -3.12. The lowest BCUT2D eigenvalue weighted by Crippen LogP contribution is -2.54. The number of carbonyl (C=O) groups is 1. The summed E-state index contributed by atoms with van der Waals surface area (Å²) in [4.78, 5) is 13.7. The largest absolute Gasteiger partial charge is 0.335 e. The molecule has 104 valence electrons. The summed E-state index contributed by atoms with van der Waals surface area (Å²) in [6, 6.07) is 0.264. The molecule has 2 fully saturated rings. The van der Waals surface area contributed by atoms with Gasteiger partial charge in [-0.3, -0.25) is 0 Å². The number of carbonyl (C=O) groups excluding carboxylic acids is 1. The van der Waals surface area contributed by atoms with Gasteiger partial charge in [0.2, 0.25) is 10.0 Å². The molecule has 2 aliphatic rings. The van der Waals surface area contributed by atoms with Gasteiger partial charge in [-0.25, -0.2) is 13.2 Å². The van der Waals surface area contributed by atoms with Crippen LogP contribution in [0.25, 0.3) is 0 Å². The Balaban J connectivity index is 1.80. The third kappa shape index (κ3) is 3.35. The minimum Gasteiger partial charge on any atom is -0.335 e. The van der Waals surface area contributed by atoms with Crippen molar-refractivity contribution in [1.29, 1.82) is 0 Å². The van der Waals surface area contributed by atoms with Crippen LogP contribution in [-0.4, -0.2) is 62.1 Å². The van der Waals surface area contributed by atoms with Gasteiger partial charge in [-0.1, -0.05) is 12.8 Å². The monoisotopic (exact) mass is 275 g/mol. The van der Waals surface area contributed by atoms with Gasteiger partial charge in [-0.2, -0.15) is 4.31 Å². The van der Waals surface area contributed by atoms with Crippen LogP contribution in [0.3, 0.4) is 0 Å². The van der Waals surface area contributed by atoms with E-state index in [0.29, 0.717) is 32.2 Å². The molecular weight excluding hydrogens is 254 g/mol. The first-order chi connectivity index (χ1) is 8.47. The van der Waals surface area contributed by atoms with Crippen molar-refractivity contribution in [2.75, 3.05) is 32.4 Å². The molecule has 1 heterocycles. The molecule has 0 unspecified atom stereocenters. The minimum atomic E-state index is -3.12. The molecule has 1 saturated carbocycles. The summed E-state index contributed by atoms with van der Waals surface area (Å²) in [5.41, 5.74) is 0. The van der Waals surface area contributed by atoms with Crippen LogP contribution in [0.5, 0.6) is 0 Å². The van der Waals surface area contributed by atoms with Gasteiger partial charge in [0.05, 0.1) is 6.26 Å². The summed E-state index contributed by atoms with van der Waals surface area (Å²) >= 11 is 0. The van der Waals surface area contributed by atoms with E-state index < -0.39 is 10.0 Å². The summed E-state index contributed by atoms with van der Waals surface area (Å²) in [6.07, 6.45) is 5.71. The van der Waals surface area contributed by atoms with Crippen molar-refractivity contribution in [2.24, 2.45) is 0 Å². The predicted molar refractivity (Wildman–Crippen MR) is 68.8 cm³/mol. The second-order valence-corrected chi connectivity index (χ2v) is 7.06. The Morgan fingerprint density at radius 1 is 1.11 bits per heavy atom. The SMILES string of the molecule is CS(=O)(=O)N1CCN(C(=O)NC2CCCC2)CC1. The molecular formula is C11H21N3O3S. The maximum atomic E-state index is 12.0. The lowest BCUT2D eigenvalue weighted by atomic mass is 10.2. The smallest absolute Gasteiger partial charge is 0.317 e. The van der Waals surface area contributed by atoms with Crippen LogP contribution in [0.4, 0.5) is 4.79 Å². The van der Waals surface area contributed by atoms with Crippen molar-refractivity contribution < 1.29 is 13.2 Å². The number of hydrogen-bond acceptors (Lipinski definition) is 3. The Bertz CT molecular complexity index is 396. The molecule has 1 aliphatic carbocycles. The van der Waals surface area contributed by atoms with Crippen molar-refractivity contribution in [2.45, 2.75) is 31.7 Å². The highest BCUT2D eigenvalue weighted by molar-refractivity contribution is 7.88. The van der Waals surface area contributed by atoms with E-state index in [1.807, 2.05) is 0 Å². The number of nitrogens with zero attached hydrogens (tertiary/aromatic N) is 2. The molecule has 2 amide bonds. The predicted octanol–water partition coefficient (Wildman–Crippen LogP) is 0.216. The first-order valence-corrected chi connectivity index (χ1v) is 8.32. The first-order valence-electron chi connectivity index (χ1n) is 6.47. The highest BCUT2D eigenvalue weighted by Gasteiger charge is 2.27. The number of urea groups is 1. The van der Waals surface area contributed by atoms with Crippen LogP contribution in [0.2, 0.25) is 0 Å². The molecule has 1 aliphatic heterocycles. The van der Waals surface area contributed by atoms with Gasteiger partial charge >= 0.3 is 6.03 Å². The van der Waals surface area contributed by atoms with Crippen LogP contribution in [-0.2, 0) is 10.0 Å². The van der Waals surface area contributed by atoms with Crippen molar-refractivity contribution in [3.63, 3.8) is 0 Å². The van der Waals surface area contributed by atoms with Gasteiger partial charge in [0.1, 0.15) is 0 Å². The van der Waals surface area contributed by atoms with E-state index in [-0.39, 0.29) is 6.03 Å². The molecule has 0 spiro atoms. The average molecular weight is 275 g/mol. The van der Waals surface area contributed by atoms with Crippen molar-refractivity contribution in [3.05, 3.63) is 0 Å². The van der Waals surface area contributed by atoms with E-state index >= 15 is 0 Å². The molecule has 0 aromatic rings. The Morgan fingerprint density at radius 3 is 2.17 bits per heavy atom. The number of amides is 2. The van der Waals surface area contributed by atoms with E-state index in [1.54, 1.807) is 4.90 Å². The lowest BCUT2D eigenvalue weighted by molar-refractivity contribution is 0.169. The molecule has 1 N–H and O–H groups in total. The Hall–Kier alpha value is -0.820. The fraction of sp³-hybridized carbons (Fsp3) is 0.909. The second-order valence-electron chi connectivity index (χ2n) is 5.08. The zero-order valence-corrected chi connectivity index (χ0v) is 11.6. The molecule has 0 aromatic heterocycles. The number of hydrogen-bond donors (Lipinski definition) is 1. The normalized spacial score (nSPS) is 23.3. The van der Waals surface area contributed by atoms with Gasteiger partial charge in [0.25, 0.3) is 0 Å². The molecule has 0 bridgehead atoms. The zero-order valence-electron chi connectivity index (χ0n) is 10.8. The lowest BCUT2D eigenvalue weighted by Gasteiger charge is -2.33. The molecule has 18 heavy (non-hydrogen) atoms. The highest BCUT2D eigenvalue weighted by atomic mass is 32.2. The average Bonchev–Trinajstić information content (AvgIpc) is 2.81. The minimum absolute atomic E-state index is 0.0462. The zero-order chi connectivity index (χ0) is 13.2. The molecule has 0 atom stereocenters. The van der Waals surface area contributed by atoms with Crippen molar-refractivity contribution in [3.8, 4) is 0 Å². The summed E-state index contributed by atoms with van der Waals surface area (Å²) in [5.74, 6) is 0. The highest BCUT2D eigenvalue weighted by Crippen LogP contribution is 2.18. The van der Waals surface area contributed by atoms with E-state index in [4.69, 9.17) is 0 Å². The third-order valence-corrected chi connectivity index (χ3v) is 4.98. The summed E-state index contributed by atoms with van der Waals surface area (Å²) < 4.78 is 24.1. The maximum Gasteiger partial charge on any atom is 0.317 e. The maximum absolute atomic E-state index is 12.0. The Kier molecular flexibility index (Phi) is 4.11. The van der Waals surface area contributed by atoms with Gasteiger partial charge in [-0.15, -0.1) is 0 Å². The molecule has 1 saturated heterocycles. The standard InChI is InChI=1S/C11H21N3O3S/c1-18(16,17)14-8-6-13(7-9-14)11(15)12-10-4-2-3-5-10/h10H,2-9H2,1H3,(H,12,15). The topological polar surface area (TPSA) is 69.7 Å². The van der Waals surface area contributed by atoms with Crippen LogP contribution >= 0.6 is 0 Å². The van der Waals surface area contributed by atoms with Gasteiger partial charge < -0.3 is 10.2 Å². The fourth-order valence-corrected chi connectivity index (χ4v) is 3.39. The van der Waals surface area contributed by atoms with E-state index in [9.17, 15) is 13.2 Å². The fourth-order valence-electron chi connectivity index (χ4n) is 2.56.